The zero-order chi connectivity index (χ0) is 34.9. The summed E-state index contributed by atoms with van der Waals surface area (Å²) in [5.74, 6) is 0. The highest BCUT2D eigenvalue weighted by Crippen LogP contribution is 2.67. The predicted octanol–water partition coefficient (Wildman–Crippen LogP) is 14.0. The second kappa shape index (κ2) is 11.8. The SMILES string of the molecule is c1ccc(-c2ccc(N(c3ccccc3)c3ccc(-c4cccc5c4C4(c6ccccc6-5)c5ccccc5-c5c4sc4ccccc54)cc3)cc2)cc1. The quantitative estimate of drug-likeness (QED) is 0.174. The molecule has 53 heavy (non-hydrogen) atoms. The Balaban J connectivity index is 1.09. The van der Waals surface area contributed by atoms with E-state index in [9.17, 15) is 0 Å². The van der Waals surface area contributed by atoms with Crippen LogP contribution in [-0.4, -0.2) is 0 Å². The molecule has 1 heterocycles. The van der Waals surface area contributed by atoms with E-state index >= 15 is 0 Å². The van der Waals surface area contributed by atoms with Crippen LogP contribution in [0.4, 0.5) is 17.1 Å². The molecule has 0 bridgehead atoms. The Hall–Kier alpha value is -6.48. The number of nitrogens with zero attached hydrogens (tertiary/aromatic N) is 1. The van der Waals surface area contributed by atoms with Gasteiger partial charge in [0.05, 0.1) is 5.41 Å². The summed E-state index contributed by atoms with van der Waals surface area (Å²) in [6, 6.07) is 73.5. The maximum Gasteiger partial charge on any atom is 0.0825 e. The summed E-state index contributed by atoms with van der Waals surface area (Å²) in [7, 11) is 0. The fourth-order valence-corrected chi connectivity index (χ4v) is 10.5. The molecule has 0 fully saturated rings. The van der Waals surface area contributed by atoms with Gasteiger partial charge in [-0.15, -0.1) is 11.3 Å². The van der Waals surface area contributed by atoms with Crippen LogP contribution in [0.25, 0.3) is 54.6 Å². The lowest BCUT2D eigenvalue weighted by atomic mass is 9.71. The van der Waals surface area contributed by atoms with Crippen LogP contribution in [0.1, 0.15) is 21.6 Å². The van der Waals surface area contributed by atoms with Crippen LogP contribution < -0.4 is 4.90 Å². The van der Waals surface area contributed by atoms with Crippen LogP contribution in [0.3, 0.4) is 0 Å². The lowest BCUT2D eigenvalue weighted by Crippen LogP contribution is -2.25. The smallest absolute Gasteiger partial charge is 0.0825 e. The van der Waals surface area contributed by atoms with Gasteiger partial charge in [-0.2, -0.15) is 0 Å². The molecule has 1 nitrogen and oxygen atoms in total. The minimum absolute atomic E-state index is 0.395. The van der Waals surface area contributed by atoms with Crippen LogP contribution in [0.2, 0.25) is 0 Å². The topological polar surface area (TPSA) is 3.24 Å². The first-order valence-electron chi connectivity index (χ1n) is 18.3. The number of thiophene rings is 1. The van der Waals surface area contributed by atoms with Gasteiger partial charge in [0, 0.05) is 37.6 Å². The average molecular weight is 692 g/mol. The van der Waals surface area contributed by atoms with E-state index in [4.69, 9.17) is 0 Å². The normalized spacial score (nSPS) is 14.9. The van der Waals surface area contributed by atoms with E-state index in [2.05, 4.69) is 205 Å². The fraction of sp³-hybridized carbons (Fsp3) is 0.0196. The van der Waals surface area contributed by atoms with Gasteiger partial charge in [0.2, 0.25) is 0 Å². The highest BCUT2D eigenvalue weighted by molar-refractivity contribution is 7.20. The molecule has 0 saturated carbocycles. The molecule has 9 aromatic rings. The second-order valence-corrected chi connectivity index (χ2v) is 15.1. The molecule has 248 valence electrons. The first kappa shape index (κ1) is 30.2. The second-order valence-electron chi connectivity index (χ2n) is 14.0. The molecule has 0 radical (unpaired) electrons. The Kier molecular flexibility index (Phi) is 6.71. The van der Waals surface area contributed by atoms with E-state index in [1.165, 1.54) is 76.2 Å². The van der Waals surface area contributed by atoms with E-state index < -0.39 is 5.41 Å². The van der Waals surface area contributed by atoms with Crippen molar-refractivity contribution in [1.82, 2.24) is 0 Å². The molecule has 2 heteroatoms. The zero-order valence-corrected chi connectivity index (χ0v) is 29.7. The van der Waals surface area contributed by atoms with Crippen molar-refractivity contribution in [2.75, 3.05) is 4.90 Å². The number of fused-ring (bicyclic) bond motifs is 12. The lowest BCUT2D eigenvalue weighted by molar-refractivity contribution is 0.814. The Morgan fingerprint density at radius 1 is 0.358 bits per heavy atom. The van der Waals surface area contributed by atoms with Gasteiger partial charge in [-0.05, 0) is 98.1 Å². The van der Waals surface area contributed by atoms with Gasteiger partial charge in [-0.3, -0.25) is 0 Å². The number of hydrogen-bond donors (Lipinski definition) is 0. The largest absolute Gasteiger partial charge is 0.311 e. The first-order valence-corrected chi connectivity index (χ1v) is 19.1. The summed E-state index contributed by atoms with van der Waals surface area (Å²) in [6.07, 6.45) is 0. The van der Waals surface area contributed by atoms with Gasteiger partial charge in [0.25, 0.3) is 0 Å². The molecule has 1 unspecified atom stereocenters. The summed E-state index contributed by atoms with van der Waals surface area (Å²) < 4.78 is 1.34. The van der Waals surface area contributed by atoms with E-state index in [1.54, 1.807) is 0 Å². The number of rotatable bonds is 5. The van der Waals surface area contributed by atoms with Crippen molar-refractivity contribution in [2.24, 2.45) is 0 Å². The third-order valence-electron chi connectivity index (χ3n) is 11.3. The molecule has 1 aromatic heterocycles. The molecule has 0 N–H and O–H groups in total. The molecule has 2 aliphatic carbocycles. The molecule has 2 aliphatic rings. The summed E-state index contributed by atoms with van der Waals surface area (Å²) >= 11 is 1.96. The number of anilines is 3. The molecule has 1 atom stereocenters. The van der Waals surface area contributed by atoms with Gasteiger partial charge in [0.15, 0.2) is 0 Å². The summed E-state index contributed by atoms with van der Waals surface area (Å²) in [4.78, 5) is 3.78. The molecule has 0 saturated heterocycles. The molecule has 8 aromatic carbocycles. The number of para-hydroxylation sites is 1. The third kappa shape index (κ3) is 4.37. The maximum atomic E-state index is 2.38. The molecule has 0 aliphatic heterocycles. The monoisotopic (exact) mass is 691 g/mol. The van der Waals surface area contributed by atoms with Crippen molar-refractivity contribution >= 4 is 38.5 Å². The zero-order valence-electron chi connectivity index (χ0n) is 28.9. The van der Waals surface area contributed by atoms with Crippen LogP contribution >= 0.6 is 11.3 Å². The van der Waals surface area contributed by atoms with Gasteiger partial charge in [-0.25, -0.2) is 0 Å². The summed E-state index contributed by atoms with van der Waals surface area (Å²) in [5, 5.41) is 1.35. The lowest BCUT2D eigenvalue weighted by Gasteiger charge is -2.31. The summed E-state index contributed by atoms with van der Waals surface area (Å²) in [6.45, 7) is 0. The van der Waals surface area contributed by atoms with E-state index in [0.29, 0.717) is 0 Å². The predicted molar refractivity (Wildman–Crippen MR) is 224 cm³/mol. The Labute approximate surface area is 313 Å². The average Bonchev–Trinajstić information content (AvgIpc) is 3.86. The minimum atomic E-state index is -0.395. The Bertz CT molecular complexity index is 2820. The van der Waals surface area contributed by atoms with Crippen molar-refractivity contribution in [3.05, 3.63) is 222 Å². The molecular weight excluding hydrogens is 659 g/mol. The van der Waals surface area contributed by atoms with Crippen LogP contribution in [0.15, 0.2) is 200 Å². The van der Waals surface area contributed by atoms with Gasteiger partial charge in [0.1, 0.15) is 0 Å². The standard InChI is InChI=1S/C51H33NS/c1-3-14-34(15-4-1)35-26-30-38(31-27-35)52(37-16-5-2-6-17-37)39-32-28-36(29-33-39)40-21-13-22-42-41-18-7-10-23-45(41)51(49(40)42)46-24-11-8-19-43(46)48-44-20-9-12-25-47(44)53-50(48)51/h1-33H. The van der Waals surface area contributed by atoms with Crippen molar-refractivity contribution in [2.45, 2.75) is 5.41 Å². The van der Waals surface area contributed by atoms with E-state index in [-0.39, 0.29) is 0 Å². The third-order valence-corrected chi connectivity index (χ3v) is 12.6. The highest BCUT2D eigenvalue weighted by Gasteiger charge is 2.54. The Morgan fingerprint density at radius 3 is 1.60 bits per heavy atom. The highest BCUT2D eigenvalue weighted by atomic mass is 32.1. The van der Waals surface area contributed by atoms with E-state index in [0.717, 1.165) is 17.1 Å². The summed E-state index contributed by atoms with van der Waals surface area (Å²) in [5.41, 5.74) is 17.5. The first-order chi connectivity index (χ1) is 26.3. The van der Waals surface area contributed by atoms with Crippen molar-refractivity contribution in [1.29, 1.82) is 0 Å². The van der Waals surface area contributed by atoms with E-state index in [1.807, 2.05) is 11.3 Å². The van der Waals surface area contributed by atoms with Gasteiger partial charge < -0.3 is 4.90 Å². The number of hydrogen-bond acceptors (Lipinski definition) is 2. The minimum Gasteiger partial charge on any atom is -0.311 e. The maximum absolute atomic E-state index is 2.38. The van der Waals surface area contributed by atoms with Crippen molar-refractivity contribution in [3.8, 4) is 44.5 Å². The Morgan fingerprint density at radius 2 is 0.868 bits per heavy atom. The van der Waals surface area contributed by atoms with Gasteiger partial charge in [-0.1, -0.05) is 158 Å². The van der Waals surface area contributed by atoms with Crippen LogP contribution in [-0.2, 0) is 5.41 Å². The van der Waals surface area contributed by atoms with Crippen LogP contribution in [0.5, 0.6) is 0 Å². The molecular formula is C51H33NS. The van der Waals surface area contributed by atoms with Gasteiger partial charge >= 0.3 is 0 Å². The number of benzene rings is 8. The van der Waals surface area contributed by atoms with Crippen LogP contribution in [0, 0.1) is 0 Å². The van der Waals surface area contributed by atoms with Crippen molar-refractivity contribution in [3.63, 3.8) is 0 Å². The van der Waals surface area contributed by atoms with Crippen molar-refractivity contribution < 1.29 is 0 Å². The molecule has 1 spiro atoms. The molecule has 11 rings (SSSR count). The fourth-order valence-electron chi connectivity index (χ4n) is 9.09. The molecule has 0 amide bonds.